The van der Waals surface area contributed by atoms with Crippen LogP contribution in [0.2, 0.25) is 5.02 Å². The maximum atomic E-state index is 12.6. The third-order valence-corrected chi connectivity index (χ3v) is 4.54. The van der Waals surface area contributed by atoms with Gasteiger partial charge in [-0.25, -0.2) is 9.97 Å². The first kappa shape index (κ1) is 17.6. The molecule has 1 fully saturated rings. The summed E-state index contributed by atoms with van der Waals surface area (Å²) in [6, 6.07) is 7.12. The SMILES string of the molecule is Cc1cc(C(=O)Nc2cc(Cl)ccc2C)nc(N2CCN(C)CC2)n1. The number of aryl methyl sites for hydroxylation is 2. The van der Waals surface area contributed by atoms with Crippen LogP contribution in [0.1, 0.15) is 21.7 Å². The van der Waals surface area contributed by atoms with E-state index in [1.807, 2.05) is 19.9 Å². The van der Waals surface area contributed by atoms with Crippen molar-refractivity contribution in [2.24, 2.45) is 0 Å². The molecule has 0 bridgehead atoms. The number of carbonyl (C=O) groups excluding carboxylic acids is 1. The summed E-state index contributed by atoms with van der Waals surface area (Å²) in [5, 5.41) is 3.47. The van der Waals surface area contributed by atoms with E-state index in [-0.39, 0.29) is 5.91 Å². The van der Waals surface area contributed by atoms with Crippen LogP contribution in [-0.4, -0.2) is 54.0 Å². The van der Waals surface area contributed by atoms with Gasteiger partial charge in [0, 0.05) is 42.6 Å². The predicted molar refractivity (Wildman–Crippen MR) is 101 cm³/mol. The number of nitrogens with zero attached hydrogens (tertiary/aromatic N) is 4. The van der Waals surface area contributed by atoms with Gasteiger partial charge in [0.05, 0.1) is 0 Å². The van der Waals surface area contributed by atoms with Gasteiger partial charge in [0.25, 0.3) is 5.91 Å². The van der Waals surface area contributed by atoms with E-state index in [0.717, 1.165) is 37.4 Å². The van der Waals surface area contributed by atoms with Crippen LogP contribution < -0.4 is 10.2 Å². The Kier molecular flexibility index (Phi) is 5.20. The minimum atomic E-state index is -0.258. The van der Waals surface area contributed by atoms with Gasteiger partial charge in [-0.15, -0.1) is 0 Å². The first-order chi connectivity index (χ1) is 11.9. The second-order valence-corrected chi connectivity index (χ2v) is 6.83. The van der Waals surface area contributed by atoms with E-state index in [0.29, 0.717) is 22.4 Å². The van der Waals surface area contributed by atoms with E-state index < -0.39 is 0 Å². The summed E-state index contributed by atoms with van der Waals surface area (Å²) in [6.45, 7) is 7.43. The summed E-state index contributed by atoms with van der Waals surface area (Å²) in [5.74, 6) is 0.354. The fraction of sp³-hybridized carbons (Fsp3) is 0.389. The van der Waals surface area contributed by atoms with E-state index in [1.165, 1.54) is 0 Å². The number of anilines is 2. The van der Waals surface area contributed by atoms with Crippen LogP contribution in [0.25, 0.3) is 0 Å². The number of aromatic nitrogens is 2. The zero-order valence-corrected chi connectivity index (χ0v) is 15.5. The minimum absolute atomic E-state index is 0.258. The zero-order valence-electron chi connectivity index (χ0n) is 14.7. The fourth-order valence-corrected chi connectivity index (χ4v) is 2.90. The van der Waals surface area contributed by atoms with Crippen LogP contribution in [0.3, 0.4) is 0 Å². The van der Waals surface area contributed by atoms with Crippen molar-refractivity contribution in [1.82, 2.24) is 14.9 Å². The van der Waals surface area contributed by atoms with Gasteiger partial charge < -0.3 is 15.1 Å². The third-order valence-electron chi connectivity index (χ3n) is 4.31. The molecule has 1 N–H and O–H groups in total. The number of likely N-dealkylation sites (N-methyl/N-ethyl adjacent to an activating group) is 1. The average molecular weight is 360 g/mol. The summed E-state index contributed by atoms with van der Waals surface area (Å²) in [4.78, 5) is 26.0. The molecule has 1 aliphatic rings. The molecule has 132 valence electrons. The number of carbonyl (C=O) groups is 1. The monoisotopic (exact) mass is 359 g/mol. The quantitative estimate of drug-likeness (QED) is 0.913. The Hall–Kier alpha value is -2.18. The molecule has 3 rings (SSSR count). The van der Waals surface area contributed by atoms with Crippen LogP contribution in [0.15, 0.2) is 24.3 Å². The summed E-state index contributed by atoms with van der Waals surface area (Å²) in [5.41, 5.74) is 2.77. The number of piperazine rings is 1. The average Bonchev–Trinajstić information content (AvgIpc) is 2.58. The van der Waals surface area contributed by atoms with Crippen LogP contribution in [-0.2, 0) is 0 Å². The number of nitrogens with one attached hydrogen (secondary N) is 1. The first-order valence-corrected chi connectivity index (χ1v) is 8.67. The van der Waals surface area contributed by atoms with E-state index in [1.54, 1.807) is 18.2 Å². The van der Waals surface area contributed by atoms with Crippen molar-refractivity contribution in [3.63, 3.8) is 0 Å². The van der Waals surface area contributed by atoms with Crippen LogP contribution in [0.5, 0.6) is 0 Å². The van der Waals surface area contributed by atoms with Gasteiger partial charge in [-0.2, -0.15) is 0 Å². The van der Waals surface area contributed by atoms with E-state index in [9.17, 15) is 4.79 Å². The standard InChI is InChI=1S/C18H22ClN5O/c1-12-4-5-14(19)11-15(12)21-17(25)16-10-13(2)20-18(22-16)24-8-6-23(3)7-9-24/h4-5,10-11H,6-9H2,1-3H3,(H,21,25). The van der Waals surface area contributed by atoms with Gasteiger partial charge in [-0.3, -0.25) is 4.79 Å². The van der Waals surface area contributed by atoms with E-state index in [2.05, 4.69) is 32.1 Å². The van der Waals surface area contributed by atoms with E-state index >= 15 is 0 Å². The molecule has 1 aliphatic heterocycles. The maximum Gasteiger partial charge on any atom is 0.274 e. The molecular formula is C18H22ClN5O. The molecule has 0 spiro atoms. The van der Waals surface area contributed by atoms with Crippen molar-refractivity contribution in [1.29, 1.82) is 0 Å². The van der Waals surface area contributed by atoms with Gasteiger partial charge in [0.15, 0.2) is 0 Å². The van der Waals surface area contributed by atoms with Crippen LogP contribution >= 0.6 is 11.6 Å². The highest BCUT2D eigenvalue weighted by Gasteiger charge is 2.19. The molecule has 0 unspecified atom stereocenters. The highest BCUT2D eigenvalue weighted by atomic mass is 35.5. The molecule has 0 aliphatic carbocycles. The highest BCUT2D eigenvalue weighted by molar-refractivity contribution is 6.31. The van der Waals surface area contributed by atoms with Crippen molar-refractivity contribution in [2.45, 2.75) is 13.8 Å². The number of benzene rings is 1. The molecule has 0 atom stereocenters. The second-order valence-electron chi connectivity index (χ2n) is 6.40. The number of hydrogen-bond acceptors (Lipinski definition) is 5. The van der Waals surface area contributed by atoms with Crippen molar-refractivity contribution in [3.05, 3.63) is 46.2 Å². The molecule has 7 heteroatoms. The number of rotatable bonds is 3. The Balaban J connectivity index is 1.82. The maximum absolute atomic E-state index is 12.6. The normalized spacial score (nSPS) is 15.3. The van der Waals surface area contributed by atoms with Crippen LogP contribution in [0, 0.1) is 13.8 Å². The Morgan fingerprint density at radius 2 is 1.84 bits per heavy atom. The Morgan fingerprint density at radius 3 is 2.56 bits per heavy atom. The topological polar surface area (TPSA) is 61.4 Å². The van der Waals surface area contributed by atoms with Crippen molar-refractivity contribution in [2.75, 3.05) is 43.4 Å². The van der Waals surface area contributed by atoms with Crippen molar-refractivity contribution < 1.29 is 4.79 Å². The van der Waals surface area contributed by atoms with Gasteiger partial charge >= 0.3 is 0 Å². The predicted octanol–water partition coefficient (Wildman–Crippen LogP) is 2.75. The summed E-state index contributed by atoms with van der Waals surface area (Å²) in [6.07, 6.45) is 0. The molecule has 0 radical (unpaired) electrons. The van der Waals surface area contributed by atoms with Gasteiger partial charge in [0.2, 0.25) is 5.95 Å². The summed E-state index contributed by atoms with van der Waals surface area (Å²) < 4.78 is 0. The zero-order chi connectivity index (χ0) is 18.0. The van der Waals surface area contributed by atoms with Crippen molar-refractivity contribution in [3.8, 4) is 0 Å². The lowest BCUT2D eigenvalue weighted by Gasteiger charge is -2.32. The lowest BCUT2D eigenvalue weighted by Crippen LogP contribution is -2.45. The minimum Gasteiger partial charge on any atom is -0.338 e. The molecule has 2 heterocycles. The molecule has 1 aromatic carbocycles. The fourth-order valence-electron chi connectivity index (χ4n) is 2.73. The smallest absolute Gasteiger partial charge is 0.274 e. The molecule has 1 saturated heterocycles. The molecule has 25 heavy (non-hydrogen) atoms. The highest BCUT2D eigenvalue weighted by Crippen LogP contribution is 2.21. The van der Waals surface area contributed by atoms with Crippen LogP contribution in [0.4, 0.5) is 11.6 Å². The molecule has 2 aromatic rings. The number of hydrogen-bond donors (Lipinski definition) is 1. The largest absolute Gasteiger partial charge is 0.338 e. The van der Waals surface area contributed by atoms with E-state index in [4.69, 9.17) is 11.6 Å². The van der Waals surface area contributed by atoms with Gasteiger partial charge in [-0.05, 0) is 44.7 Å². The third kappa shape index (κ3) is 4.27. The first-order valence-electron chi connectivity index (χ1n) is 8.29. The Morgan fingerprint density at radius 1 is 1.12 bits per heavy atom. The molecule has 6 nitrogen and oxygen atoms in total. The Bertz CT molecular complexity index is 787. The summed E-state index contributed by atoms with van der Waals surface area (Å²) in [7, 11) is 2.10. The molecule has 1 amide bonds. The van der Waals surface area contributed by atoms with Gasteiger partial charge in [0.1, 0.15) is 5.69 Å². The van der Waals surface area contributed by atoms with Crippen molar-refractivity contribution >= 4 is 29.1 Å². The lowest BCUT2D eigenvalue weighted by atomic mass is 10.2. The molecular weight excluding hydrogens is 338 g/mol. The summed E-state index contributed by atoms with van der Waals surface area (Å²) >= 11 is 6.02. The second kappa shape index (κ2) is 7.37. The molecule has 1 aromatic heterocycles. The number of halogens is 1. The Labute approximate surface area is 152 Å². The van der Waals surface area contributed by atoms with Gasteiger partial charge in [-0.1, -0.05) is 17.7 Å². The lowest BCUT2D eigenvalue weighted by molar-refractivity contribution is 0.102. The molecule has 0 saturated carbocycles. The number of amides is 1.